The fraction of sp³-hybridized carbons (Fsp3) is 0.286. The lowest BCUT2D eigenvalue weighted by molar-refractivity contribution is 0.581. The molecule has 0 aliphatic carbocycles. The van der Waals surface area contributed by atoms with Gasteiger partial charge in [-0.15, -0.1) is 11.3 Å². The standard InChI is InChI=1S/C14H17BrN2O2S2/c1-3-10-4-5-11(20-10)8-17-21(18,19)14-7-13(16)12(15)6-9(14)2/h4-7,17H,3,8,16H2,1-2H3. The molecule has 0 unspecified atom stereocenters. The van der Waals surface area contributed by atoms with Gasteiger partial charge in [-0.3, -0.25) is 0 Å². The van der Waals surface area contributed by atoms with E-state index in [1.54, 1.807) is 24.3 Å². The van der Waals surface area contributed by atoms with E-state index in [9.17, 15) is 8.42 Å². The number of halogens is 1. The number of hydrogen-bond acceptors (Lipinski definition) is 4. The van der Waals surface area contributed by atoms with Crippen molar-refractivity contribution in [2.45, 2.75) is 31.7 Å². The SMILES string of the molecule is CCc1ccc(CNS(=O)(=O)c2cc(N)c(Br)cc2C)s1. The lowest BCUT2D eigenvalue weighted by Crippen LogP contribution is -2.23. The molecule has 0 atom stereocenters. The second-order valence-electron chi connectivity index (χ2n) is 4.69. The van der Waals surface area contributed by atoms with E-state index in [0.29, 0.717) is 22.3 Å². The van der Waals surface area contributed by atoms with E-state index in [0.717, 1.165) is 11.3 Å². The van der Waals surface area contributed by atoms with Gasteiger partial charge in [0, 0.05) is 26.5 Å². The fourth-order valence-corrected chi connectivity index (χ4v) is 4.62. The highest BCUT2D eigenvalue weighted by molar-refractivity contribution is 9.10. The summed E-state index contributed by atoms with van der Waals surface area (Å²) in [5.41, 5.74) is 6.84. The zero-order valence-electron chi connectivity index (χ0n) is 11.8. The number of hydrogen-bond donors (Lipinski definition) is 2. The van der Waals surface area contributed by atoms with Crippen LogP contribution >= 0.6 is 27.3 Å². The molecule has 0 aliphatic heterocycles. The summed E-state index contributed by atoms with van der Waals surface area (Å²) in [7, 11) is -3.57. The molecular formula is C14H17BrN2O2S2. The number of rotatable bonds is 5. The number of nitrogens with one attached hydrogen (secondary N) is 1. The van der Waals surface area contributed by atoms with Gasteiger partial charge >= 0.3 is 0 Å². The lowest BCUT2D eigenvalue weighted by atomic mass is 10.2. The second-order valence-corrected chi connectivity index (χ2v) is 8.53. The van der Waals surface area contributed by atoms with Crippen LogP contribution in [-0.2, 0) is 23.0 Å². The number of thiophene rings is 1. The monoisotopic (exact) mass is 388 g/mol. The van der Waals surface area contributed by atoms with Gasteiger partial charge in [0.2, 0.25) is 10.0 Å². The number of benzene rings is 1. The Morgan fingerprint density at radius 2 is 1.95 bits per heavy atom. The maximum atomic E-state index is 12.4. The number of anilines is 1. The number of nitrogen functional groups attached to an aromatic ring is 1. The number of aryl methyl sites for hydroxylation is 2. The summed E-state index contributed by atoms with van der Waals surface area (Å²) < 4.78 is 28.1. The van der Waals surface area contributed by atoms with E-state index in [-0.39, 0.29) is 4.90 Å². The van der Waals surface area contributed by atoms with Gasteiger partial charge in [-0.1, -0.05) is 6.92 Å². The van der Waals surface area contributed by atoms with Crippen molar-refractivity contribution in [2.75, 3.05) is 5.73 Å². The second kappa shape index (κ2) is 6.48. The Morgan fingerprint density at radius 3 is 2.57 bits per heavy atom. The molecule has 0 saturated heterocycles. The van der Waals surface area contributed by atoms with Gasteiger partial charge in [0.15, 0.2) is 0 Å². The van der Waals surface area contributed by atoms with E-state index in [1.807, 2.05) is 12.1 Å². The van der Waals surface area contributed by atoms with Crippen LogP contribution in [0.25, 0.3) is 0 Å². The van der Waals surface area contributed by atoms with Crippen molar-refractivity contribution < 1.29 is 8.42 Å². The minimum absolute atomic E-state index is 0.218. The van der Waals surface area contributed by atoms with Crippen molar-refractivity contribution in [1.82, 2.24) is 4.72 Å². The quantitative estimate of drug-likeness (QED) is 0.770. The van der Waals surface area contributed by atoms with E-state index < -0.39 is 10.0 Å². The summed E-state index contributed by atoms with van der Waals surface area (Å²) in [5, 5.41) is 0. The molecule has 4 nitrogen and oxygen atoms in total. The van der Waals surface area contributed by atoms with Crippen LogP contribution in [0.3, 0.4) is 0 Å². The van der Waals surface area contributed by atoms with Gasteiger partial charge in [0.1, 0.15) is 0 Å². The normalized spacial score (nSPS) is 11.8. The highest BCUT2D eigenvalue weighted by Crippen LogP contribution is 2.27. The van der Waals surface area contributed by atoms with E-state index in [2.05, 4.69) is 27.6 Å². The first-order chi connectivity index (χ1) is 9.83. The van der Waals surface area contributed by atoms with Crippen molar-refractivity contribution in [3.05, 3.63) is 44.1 Å². The smallest absolute Gasteiger partial charge is 0.241 e. The van der Waals surface area contributed by atoms with Crippen LogP contribution in [0.1, 0.15) is 22.2 Å². The Hall–Kier alpha value is -0.890. The van der Waals surface area contributed by atoms with E-state index in [1.165, 1.54) is 10.9 Å². The number of nitrogens with two attached hydrogens (primary N) is 1. The van der Waals surface area contributed by atoms with Crippen molar-refractivity contribution in [2.24, 2.45) is 0 Å². The third kappa shape index (κ3) is 3.85. The molecule has 1 heterocycles. The molecule has 0 saturated carbocycles. The molecule has 21 heavy (non-hydrogen) atoms. The molecule has 2 rings (SSSR count). The molecule has 114 valence electrons. The highest BCUT2D eigenvalue weighted by Gasteiger charge is 2.18. The Morgan fingerprint density at radius 1 is 1.29 bits per heavy atom. The molecule has 0 amide bonds. The maximum Gasteiger partial charge on any atom is 0.241 e. The van der Waals surface area contributed by atoms with Crippen LogP contribution in [-0.4, -0.2) is 8.42 Å². The first-order valence-electron chi connectivity index (χ1n) is 6.46. The Labute approximate surface area is 137 Å². The summed E-state index contributed by atoms with van der Waals surface area (Å²) in [4.78, 5) is 2.46. The predicted octanol–water partition coefficient (Wildman–Crippen LogP) is 3.44. The average molecular weight is 389 g/mol. The summed E-state index contributed by atoms with van der Waals surface area (Å²) >= 11 is 4.91. The topological polar surface area (TPSA) is 72.2 Å². The Balaban J connectivity index is 2.20. The van der Waals surface area contributed by atoms with Crippen LogP contribution in [0, 0.1) is 6.92 Å². The van der Waals surface area contributed by atoms with Gasteiger partial charge in [0.25, 0.3) is 0 Å². The zero-order valence-corrected chi connectivity index (χ0v) is 15.0. The van der Waals surface area contributed by atoms with Crippen LogP contribution in [0.4, 0.5) is 5.69 Å². The molecule has 0 bridgehead atoms. The highest BCUT2D eigenvalue weighted by atomic mass is 79.9. The maximum absolute atomic E-state index is 12.4. The molecule has 7 heteroatoms. The van der Waals surface area contributed by atoms with E-state index >= 15 is 0 Å². The number of sulfonamides is 1. The Bertz CT molecular complexity index is 754. The average Bonchev–Trinajstić information content (AvgIpc) is 2.88. The molecule has 0 aliphatic rings. The van der Waals surface area contributed by atoms with Crippen molar-refractivity contribution in [3.63, 3.8) is 0 Å². The van der Waals surface area contributed by atoms with Crippen LogP contribution in [0.15, 0.2) is 33.6 Å². The van der Waals surface area contributed by atoms with E-state index in [4.69, 9.17) is 5.73 Å². The minimum Gasteiger partial charge on any atom is -0.398 e. The third-order valence-corrected chi connectivity index (χ3v) is 6.55. The van der Waals surface area contributed by atoms with Crippen molar-refractivity contribution in [1.29, 1.82) is 0 Å². The molecule has 0 radical (unpaired) electrons. The van der Waals surface area contributed by atoms with Gasteiger partial charge in [0.05, 0.1) is 4.90 Å². The summed E-state index contributed by atoms with van der Waals surface area (Å²) in [6, 6.07) is 7.17. The Kier molecular flexibility index (Phi) is 5.08. The van der Waals surface area contributed by atoms with Gasteiger partial charge in [-0.05, 0) is 59.1 Å². The third-order valence-electron chi connectivity index (χ3n) is 3.09. The molecule has 0 spiro atoms. The largest absolute Gasteiger partial charge is 0.398 e. The molecular weight excluding hydrogens is 372 g/mol. The molecule has 3 N–H and O–H groups in total. The summed E-state index contributed by atoms with van der Waals surface area (Å²) in [6.07, 6.45) is 0.958. The van der Waals surface area contributed by atoms with Crippen molar-refractivity contribution >= 4 is 43.0 Å². The predicted molar refractivity (Wildman–Crippen MR) is 91.0 cm³/mol. The molecule has 2 aromatic rings. The lowest BCUT2D eigenvalue weighted by Gasteiger charge is -2.10. The minimum atomic E-state index is -3.57. The zero-order chi connectivity index (χ0) is 15.6. The molecule has 0 fully saturated rings. The van der Waals surface area contributed by atoms with Crippen molar-refractivity contribution in [3.8, 4) is 0 Å². The molecule has 1 aromatic carbocycles. The van der Waals surface area contributed by atoms with Gasteiger partial charge in [-0.25, -0.2) is 13.1 Å². The summed E-state index contributed by atoms with van der Waals surface area (Å²) in [6.45, 7) is 4.12. The fourth-order valence-electron chi connectivity index (χ4n) is 1.91. The van der Waals surface area contributed by atoms with Gasteiger partial charge in [-0.2, -0.15) is 0 Å². The van der Waals surface area contributed by atoms with Gasteiger partial charge < -0.3 is 5.73 Å². The van der Waals surface area contributed by atoms with Crippen LogP contribution in [0.5, 0.6) is 0 Å². The van der Waals surface area contributed by atoms with Crippen LogP contribution < -0.4 is 10.5 Å². The molecule has 1 aromatic heterocycles. The first-order valence-corrected chi connectivity index (χ1v) is 9.55. The summed E-state index contributed by atoms with van der Waals surface area (Å²) in [5.74, 6) is 0. The van der Waals surface area contributed by atoms with Crippen LogP contribution in [0.2, 0.25) is 0 Å². The first kappa shape index (κ1) is 16.5.